The predicted molar refractivity (Wildman–Crippen MR) is 72.6 cm³/mol. The van der Waals surface area contributed by atoms with Gasteiger partial charge in [-0.3, -0.25) is 0 Å². The smallest absolute Gasteiger partial charge is 0.245 e. The highest BCUT2D eigenvalue weighted by atomic mass is 79.9. The maximum absolute atomic E-state index is 12.3. The second-order valence-corrected chi connectivity index (χ2v) is 7.36. The van der Waals surface area contributed by atoms with Gasteiger partial charge in [0.05, 0.1) is 11.3 Å². The highest BCUT2D eigenvalue weighted by molar-refractivity contribution is 9.10. The van der Waals surface area contributed by atoms with E-state index in [1.54, 1.807) is 12.1 Å². The van der Waals surface area contributed by atoms with E-state index in [0.717, 1.165) is 4.47 Å². The predicted octanol–water partition coefficient (Wildman–Crippen LogP) is 1.18. The summed E-state index contributed by atoms with van der Waals surface area (Å²) >= 11 is 3.23. The molecule has 0 aliphatic carbocycles. The standard InChI is InChI=1S/C11H15BrN2O3S/c1-2-11(15)6-14(7-11)18(16,17)10-4-3-8(12)5-9(10)13/h3-5,15H,2,6-7,13H2,1H3. The highest BCUT2D eigenvalue weighted by Gasteiger charge is 2.46. The normalized spacial score (nSPS) is 19.5. The number of nitrogens with two attached hydrogens (primary N) is 1. The summed E-state index contributed by atoms with van der Waals surface area (Å²) in [5.74, 6) is 0. The Hall–Kier alpha value is -0.630. The molecule has 0 unspecified atom stereocenters. The maximum Gasteiger partial charge on any atom is 0.245 e. The molecule has 3 N–H and O–H groups in total. The van der Waals surface area contributed by atoms with Crippen LogP contribution in [0.3, 0.4) is 0 Å². The van der Waals surface area contributed by atoms with Crippen LogP contribution in [0.25, 0.3) is 0 Å². The lowest BCUT2D eigenvalue weighted by molar-refractivity contribution is -0.0613. The number of β-amino-alcohol motifs (C(OH)–C–C–N with tert-alkyl or cyclic N) is 1. The molecular formula is C11H15BrN2O3S. The lowest BCUT2D eigenvalue weighted by atomic mass is 9.94. The number of nitrogens with zero attached hydrogens (tertiary/aromatic N) is 1. The van der Waals surface area contributed by atoms with Crippen LogP contribution in [0.5, 0.6) is 0 Å². The van der Waals surface area contributed by atoms with E-state index in [1.165, 1.54) is 10.4 Å². The van der Waals surface area contributed by atoms with Crippen LogP contribution >= 0.6 is 15.9 Å². The Balaban J connectivity index is 2.28. The zero-order valence-electron chi connectivity index (χ0n) is 9.93. The molecule has 5 nitrogen and oxygen atoms in total. The second kappa shape index (κ2) is 4.48. The van der Waals surface area contributed by atoms with Crippen molar-refractivity contribution in [2.24, 2.45) is 0 Å². The molecular weight excluding hydrogens is 320 g/mol. The Morgan fingerprint density at radius 3 is 2.61 bits per heavy atom. The van der Waals surface area contributed by atoms with Gasteiger partial charge in [-0.25, -0.2) is 8.42 Å². The number of anilines is 1. The Morgan fingerprint density at radius 1 is 1.50 bits per heavy atom. The van der Waals surface area contributed by atoms with E-state index >= 15 is 0 Å². The van der Waals surface area contributed by atoms with Crippen molar-refractivity contribution in [1.29, 1.82) is 0 Å². The monoisotopic (exact) mass is 334 g/mol. The Labute approximate surface area is 115 Å². The molecule has 1 aliphatic rings. The van der Waals surface area contributed by atoms with E-state index < -0.39 is 15.6 Å². The zero-order valence-corrected chi connectivity index (χ0v) is 12.3. The van der Waals surface area contributed by atoms with Crippen LogP contribution in [0.15, 0.2) is 27.6 Å². The van der Waals surface area contributed by atoms with Gasteiger partial charge < -0.3 is 10.8 Å². The lowest BCUT2D eigenvalue weighted by Crippen LogP contribution is -2.62. The molecule has 0 amide bonds. The number of hydrogen-bond acceptors (Lipinski definition) is 4. The summed E-state index contributed by atoms with van der Waals surface area (Å²) in [4.78, 5) is 0.0869. The fraction of sp³-hybridized carbons (Fsp3) is 0.455. The number of benzene rings is 1. The SMILES string of the molecule is CCC1(O)CN(S(=O)(=O)c2ccc(Br)cc2N)C1. The molecule has 0 atom stereocenters. The summed E-state index contributed by atoms with van der Waals surface area (Å²) < 4.78 is 26.5. The van der Waals surface area contributed by atoms with Crippen LogP contribution < -0.4 is 5.73 Å². The first-order valence-corrected chi connectivity index (χ1v) is 7.79. The van der Waals surface area contributed by atoms with Crippen molar-refractivity contribution in [3.8, 4) is 0 Å². The van der Waals surface area contributed by atoms with Crippen molar-refractivity contribution in [3.63, 3.8) is 0 Å². The number of hydrogen-bond donors (Lipinski definition) is 2. The molecule has 0 saturated carbocycles. The van der Waals surface area contributed by atoms with Crippen molar-refractivity contribution in [1.82, 2.24) is 4.31 Å². The van der Waals surface area contributed by atoms with Crippen molar-refractivity contribution in [3.05, 3.63) is 22.7 Å². The molecule has 0 aromatic heterocycles. The van der Waals surface area contributed by atoms with Crippen LogP contribution in [0, 0.1) is 0 Å². The topological polar surface area (TPSA) is 83.6 Å². The summed E-state index contributed by atoms with van der Waals surface area (Å²) in [6.07, 6.45) is 0.537. The molecule has 1 fully saturated rings. The number of rotatable bonds is 3. The van der Waals surface area contributed by atoms with Crippen molar-refractivity contribution in [2.75, 3.05) is 18.8 Å². The fourth-order valence-corrected chi connectivity index (χ4v) is 3.97. The molecule has 2 rings (SSSR count). The fourth-order valence-electron chi connectivity index (χ4n) is 1.90. The van der Waals surface area contributed by atoms with Gasteiger partial charge >= 0.3 is 0 Å². The molecule has 1 aliphatic heterocycles. The van der Waals surface area contributed by atoms with E-state index in [0.29, 0.717) is 6.42 Å². The van der Waals surface area contributed by atoms with E-state index in [1.807, 2.05) is 6.92 Å². The van der Waals surface area contributed by atoms with Crippen molar-refractivity contribution < 1.29 is 13.5 Å². The molecule has 1 aromatic carbocycles. The minimum absolute atomic E-state index is 0.0869. The van der Waals surface area contributed by atoms with Gasteiger partial charge in [-0.15, -0.1) is 0 Å². The van der Waals surface area contributed by atoms with Gasteiger partial charge in [0.15, 0.2) is 0 Å². The summed E-state index contributed by atoms with van der Waals surface area (Å²) in [5, 5.41) is 9.87. The first-order chi connectivity index (χ1) is 8.28. The molecule has 100 valence electrons. The Kier molecular flexibility index (Phi) is 3.44. The van der Waals surface area contributed by atoms with Crippen LogP contribution in [-0.4, -0.2) is 36.5 Å². The summed E-state index contributed by atoms with van der Waals surface area (Å²) in [7, 11) is -3.60. The van der Waals surface area contributed by atoms with Crippen molar-refractivity contribution in [2.45, 2.75) is 23.8 Å². The van der Waals surface area contributed by atoms with Crippen LogP contribution in [0.1, 0.15) is 13.3 Å². The molecule has 1 heterocycles. The summed E-state index contributed by atoms with van der Waals surface area (Å²) in [6, 6.07) is 4.66. The molecule has 0 bridgehead atoms. The minimum Gasteiger partial charge on any atom is -0.398 e. The van der Waals surface area contributed by atoms with Crippen LogP contribution in [0.4, 0.5) is 5.69 Å². The number of halogens is 1. The van der Waals surface area contributed by atoms with Crippen LogP contribution in [-0.2, 0) is 10.0 Å². The number of nitrogen functional groups attached to an aromatic ring is 1. The zero-order chi connectivity index (χ0) is 13.6. The third-order valence-electron chi connectivity index (χ3n) is 3.19. The molecule has 7 heteroatoms. The van der Waals surface area contributed by atoms with E-state index in [4.69, 9.17) is 5.73 Å². The second-order valence-electron chi connectivity index (χ2n) is 4.53. The molecule has 18 heavy (non-hydrogen) atoms. The first kappa shape index (κ1) is 13.8. The van der Waals surface area contributed by atoms with Gasteiger partial charge in [-0.05, 0) is 24.6 Å². The van der Waals surface area contributed by atoms with E-state index in [2.05, 4.69) is 15.9 Å². The third-order valence-corrected chi connectivity index (χ3v) is 5.55. The van der Waals surface area contributed by atoms with Crippen molar-refractivity contribution >= 4 is 31.6 Å². The van der Waals surface area contributed by atoms with Gasteiger partial charge in [0.2, 0.25) is 10.0 Å². The minimum atomic E-state index is -3.60. The molecule has 1 saturated heterocycles. The summed E-state index contributed by atoms with van der Waals surface area (Å²) in [5.41, 5.74) is 5.04. The Bertz CT molecular complexity index is 568. The average molecular weight is 335 g/mol. The van der Waals surface area contributed by atoms with E-state index in [-0.39, 0.29) is 23.7 Å². The average Bonchev–Trinajstić information content (AvgIpc) is 2.24. The van der Waals surface area contributed by atoms with Gasteiger partial charge in [-0.1, -0.05) is 22.9 Å². The number of aliphatic hydroxyl groups is 1. The Morgan fingerprint density at radius 2 is 2.11 bits per heavy atom. The number of sulfonamides is 1. The van der Waals surface area contributed by atoms with Gasteiger partial charge in [0, 0.05) is 17.6 Å². The van der Waals surface area contributed by atoms with Gasteiger partial charge in [-0.2, -0.15) is 4.31 Å². The third kappa shape index (κ3) is 2.27. The first-order valence-electron chi connectivity index (χ1n) is 5.56. The largest absolute Gasteiger partial charge is 0.398 e. The van der Waals surface area contributed by atoms with E-state index in [9.17, 15) is 13.5 Å². The van der Waals surface area contributed by atoms with Gasteiger partial charge in [0.25, 0.3) is 0 Å². The highest BCUT2D eigenvalue weighted by Crippen LogP contribution is 2.33. The summed E-state index contributed by atoms with van der Waals surface area (Å²) in [6.45, 7) is 2.08. The molecule has 1 aromatic rings. The van der Waals surface area contributed by atoms with Gasteiger partial charge in [0.1, 0.15) is 4.90 Å². The molecule has 0 spiro atoms. The lowest BCUT2D eigenvalue weighted by Gasteiger charge is -2.44. The molecule has 0 radical (unpaired) electrons. The van der Waals surface area contributed by atoms with Crippen LogP contribution in [0.2, 0.25) is 0 Å². The maximum atomic E-state index is 12.3. The quantitative estimate of drug-likeness (QED) is 0.813.